The number of amides is 1. The number of aryl methyl sites for hydroxylation is 1. The van der Waals surface area contributed by atoms with Crippen LogP contribution in [0.3, 0.4) is 0 Å². The Morgan fingerprint density at radius 3 is 2.78 bits per heavy atom. The number of thiazole rings is 1. The lowest BCUT2D eigenvalue weighted by atomic mass is 9.90. The molecular formula is C15H21N5O2S. The molecule has 0 spiro atoms. The maximum Gasteiger partial charge on any atom is 0.273 e. The van der Waals surface area contributed by atoms with Gasteiger partial charge in [-0.15, -0.1) is 11.3 Å². The Bertz CT molecular complexity index is 675. The standard InChI is InChI=1S/C15H21N5O2S/c1-16-15-18-11(9-23-15)14(22)20-6-3-10(4-7-20)12(21)13-17-5-8-19(13)2/h5,8-10,12,21H,3-4,6-7H2,1-2H3,(H,16,18). The fraction of sp³-hybridized carbons (Fsp3) is 0.533. The van der Waals surface area contributed by atoms with Gasteiger partial charge in [0.1, 0.15) is 17.6 Å². The highest BCUT2D eigenvalue weighted by Gasteiger charge is 2.30. The number of rotatable bonds is 4. The highest BCUT2D eigenvalue weighted by Crippen LogP contribution is 2.30. The molecule has 7 nitrogen and oxygen atoms in total. The second-order valence-corrected chi connectivity index (χ2v) is 6.62. The van der Waals surface area contributed by atoms with E-state index in [1.165, 1.54) is 11.3 Å². The molecule has 0 saturated carbocycles. The Labute approximate surface area is 139 Å². The Balaban J connectivity index is 1.60. The number of aliphatic hydroxyl groups is 1. The minimum Gasteiger partial charge on any atom is -0.385 e. The molecule has 0 aliphatic carbocycles. The molecule has 2 aromatic heterocycles. The lowest BCUT2D eigenvalue weighted by molar-refractivity contribution is 0.0417. The number of carbonyl (C=O) groups is 1. The summed E-state index contributed by atoms with van der Waals surface area (Å²) >= 11 is 1.43. The van der Waals surface area contributed by atoms with Crippen LogP contribution in [0.1, 0.15) is 35.3 Å². The summed E-state index contributed by atoms with van der Waals surface area (Å²) in [6, 6.07) is 0. The highest BCUT2D eigenvalue weighted by molar-refractivity contribution is 7.13. The molecule has 23 heavy (non-hydrogen) atoms. The Morgan fingerprint density at radius 1 is 1.48 bits per heavy atom. The van der Waals surface area contributed by atoms with E-state index in [0.29, 0.717) is 24.6 Å². The van der Waals surface area contributed by atoms with E-state index in [0.717, 1.165) is 18.0 Å². The zero-order chi connectivity index (χ0) is 16.4. The predicted octanol–water partition coefficient (Wildman–Crippen LogP) is 1.50. The van der Waals surface area contributed by atoms with Crippen molar-refractivity contribution in [2.24, 2.45) is 13.0 Å². The zero-order valence-corrected chi connectivity index (χ0v) is 14.1. The van der Waals surface area contributed by atoms with Crippen LogP contribution in [0.2, 0.25) is 0 Å². The Hall–Kier alpha value is -1.93. The highest BCUT2D eigenvalue weighted by atomic mass is 32.1. The Kier molecular flexibility index (Phi) is 4.63. The van der Waals surface area contributed by atoms with Crippen LogP contribution in [0.5, 0.6) is 0 Å². The molecule has 0 radical (unpaired) electrons. The quantitative estimate of drug-likeness (QED) is 0.885. The molecule has 2 aromatic rings. The van der Waals surface area contributed by atoms with Gasteiger partial charge in [0.15, 0.2) is 5.13 Å². The smallest absolute Gasteiger partial charge is 0.273 e. The van der Waals surface area contributed by atoms with Gasteiger partial charge in [0.05, 0.1) is 0 Å². The summed E-state index contributed by atoms with van der Waals surface area (Å²) < 4.78 is 1.84. The summed E-state index contributed by atoms with van der Waals surface area (Å²) in [7, 11) is 3.67. The maximum atomic E-state index is 12.5. The number of nitrogens with one attached hydrogen (secondary N) is 1. The first-order chi connectivity index (χ1) is 11.1. The van der Waals surface area contributed by atoms with Crippen LogP contribution in [0, 0.1) is 5.92 Å². The summed E-state index contributed by atoms with van der Waals surface area (Å²) in [5, 5.41) is 16.0. The molecule has 3 rings (SSSR count). The van der Waals surface area contributed by atoms with Gasteiger partial charge in [0.2, 0.25) is 0 Å². The van der Waals surface area contributed by atoms with Crippen molar-refractivity contribution < 1.29 is 9.90 Å². The topological polar surface area (TPSA) is 83.3 Å². The van der Waals surface area contributed by atoms with E-state index in [4.69, 9.17) is 0 Å². The first-order valence-corrected chi connectivity index (χ1v) is 8.56. The summed E-state index contributed by atoms with van der Waals surface area (Å²) in [5.41, 5.74) is 0.488. The maximum absolute atomic E-state index is 12.5. The van der Waals surface area contributed by atoms with Gasteiger partial charge in [-0.25, -0.2) is 9.97 Å². The lowest BCUT2D eigenvalue weighted by Gasteiger charge is -2.33. The van der Waals surface area contributed by atoms with Crippen molar-refractivity contribution in [3.8, 4) is 0 Å². The van der Waals surface area contributed by atoms with E-state index < -0.39 is 6.10 Å². The molecular weight excluding hydrogens is 314 g/mol. The van der Waals surface area contributed by atoms with Crippen molar-refractivity contribution in [3.63, 3.8) is 0 Å². The van der Waals surface area contributed by atoms with Crippen LogP contribution >= 0.6 is 11.3 Å². The molecule has 8 heteroatoms. The fourth-order valence-electron chi connectivity index (χ4n) is 2.94. The molecule has 1 saturated heterocycles. The van der Waals surface area contributed by atoms with E-state index in [-0.39, 0.29) is 11.8 Å². The minimum atomic E-state index is -0.581. The van der Waals surface area contributed by atoms with Gasteiger partial charge in [0.25, 0.3) is 5.91 Å². The average molecular weight is 335 g/mol. The number of anilines is 1. The van der Waals surface area contributed by atoms with Gasteiger partial charge in [-0.05, 0) is 18.8 Å². The summed E-state index contributed by atoms with van der Waals surface area (Å²) in [5.74, 6) is 0.782. The molecule has 0 aromatic carbocycles. The number of imidazole rings is 1. The average Bonchev–Trinajstić information content (AvgIpc) is 3.22. The first-order valence-electron chi connectivity index (χ1n) is 7.68. The van der Waals surface area contributed by atoms with Gasteiger partial charge in [-0.3, -0.25) is 4.79 Å². The predicted molar refractivity (Wildman–Crippen MR) is 88.5 cm³/mol. The van der Waals surface area contributed by atoms with Gasteiger partial charge in [-0.1, -0.05) is 0 Å². The monoisotopic (exact) mass is 335 g/mol. The molecule has 2 N–H and O–H groups in total. The zero-order valence-electron chi connectivity index (χ0n) is 13.3. The van der Waals surface area contributed by atoms with Gasteiger partial charge in [-0.2, -0.15) is 0 Å². The molecule has 1 aliphatic rings. The number of nitrogens with zero attached hydrogens (tertiary/aromatic N) is 4. The summed E-state index contributed by atoms with van der Waals surface area (Å²) in [6.45, 7) is 1.27. The van der Waals surface area contributed by atoms with E-state index in [2.05, 4.69) is 15.3 Å². The van der Waals surface area contributed by atoms with Gasteiger partial charge in [0, 0.05) is 45.0 Å². The van der Waals surface area contributed by atoms with Crippen molar-refractivity contribution in [1.29, 1.82) is 0 Å². The van der Waals surface area contributed by atoms with Gasteiger partial charge >= 0.3 is 0 Å². The first kappa shape index (κ1) is 15.9. The third kappa shape index (κ3) is 3.23. The number of aliphatic hydroxyl groups excluding tert-OH is 1. The SMILES string of the molecule is CNc1nc(C(=O)N2CCC(C(O)c3nccn3C)CC2)cs1. The largest absolute Gasteiger partial charge is 0.385 e. The molecule has 1 aliphatic heterocycles. The van der Waals surface area contributed by atoms with Crippen LogP contribution in [0.15, 0.2) is 17.8 Å². The number of piperidine rings is 1. The van der Waals surface area contributed by atoms with E-state index in [9.17, 15) is 9.90 Å². The van der Waals surface area contributed by atoms with Crippen molar-refractivity contribution >= 4 is 22.4 Å². The van der Waals surface area contributed by atoms with Crippen molar-refractivity contribution in [2.75, 3.05) is 25.5 Å². The molecule has 3 heterocycles. The molecule has 0 bridgehead atoms. The molecule has 1 amide bonds. The third-order valence-corrected chi connectivity index (χ3v) is 5.19. The van der Waals surface area contributed by atoms with E-state index in [1.807, 2.05) is 22.7 Å². The van der Waals surface area contributed by atoms with Crippen LogP contribution in [0.4, 0.5) is 5.13 Å². The van der Waals surface area contributed by atoms with E-state index in [1.54, 1.807) is 18.6 Å². The normalized spacial score (nSPS) is 17.3. The van der Waals surface area contributed by atoms with Crippen LogP contribution in [0.25, 0.3) is 0 Å². The van der Waals surface area contributed by atoms with E-state index >= 15 is 0 Å². The van der Waals surface area contributed by atoms with Crippen LogP contribution in [-0.2, 0) is 7.05 Å². The van der Waals surface area contributed by atoms with Gasteiger partial charge < -0.3 is 19.9 Å². The number of aromatic nitrogens is 3. The Morgan fingerprint density at radius 2 is 2.22 bits per heavy atom. The van der Waals surface area contributed by atoms with Crippen LogP contribution in [-0.4, -0.2) is 50.6 Å². The van der Waals surface area contributed by atoms with Crippen LogP contribution < -0.4 is 5.32 Å². The minimum absolute atomic E-state index is 0.0346. The number of hydrogen-bond acceptors (Lipinski definition) is 6. The molecule has 1 atom stereocenters. The number of carbonyl (C=O) groups excluding carboxylic acids is 1. The fourth-order valence-corrected chi connectivity index (χ4v) is 3.59. The molecule has 1 fully saturated rings. The molecule has 124 valence electrons. The number of likely N-dealkylation sites (tertiary alicyclic amines) is 1. The third-order valence-electron chi connectivity index (χ3n) is 4.33. The van der Waals surface area contributed by atoms with Crippen molar-refractivity contribution in [2.45, 2.75) is 18.9 Å². The number of hydrogen-bond donors (Lipinski definition) is 2. The molecule has 1 unspecified atom stereocenters. The second kappa shape index (κ2) is 6.67. The second-order valence-electron chi connectivity index (χ2n) is 5.76. The summed E-state index contributed by atoms with van der Waals surface area (Å²) in [6.07, 6.45) is 4.48. The van der Waals surface area contributed by atoms with Crippen molar-refractivity contribution in [1.82, 2.24) is 19.4 Å². The summed E-state index contributed by atoms with van der Waals surface area (Å²) in [4.78, 5) is 22.8. The van der Waals surface area contributed by atoms with Crippen molar-refractivity contribution in [3.05, 3.63) is 29.3 Å². The lowest BCUT2D eigenvalue weighted by Crippen LogP contribution is -2.40.